The van der Waals surface area contributed by atoms with Crippen LogP contribution in [0.15, 0.2) is 57.7 Å². The van der Waals surface area contributed by atoms with Gasteiger partial charge < -0.3 is 18.8 Å². The molecule has 3 aromatic rings. The van der Waals surface area contributed by atoms with Gasteiger partial charge in [-0.25, -0.2) is 4.79 Å². The Morgan fingerprint density at radius 3 is 2.75 bits per heavy atom. The van der Waals surface area contributed by atoms with Crippen molar-refractivity contribution in [3.8, 4) is 11.5 Å². The molecule has 6 nitrogen and oxygen atoms in total. The molecule has 0 saturated carbocycles. The van der Waals surface area contributed by atoms with Gasteiger partial charge in [0.1, 0.15) is 28.0 Å². The summed E-state index contributed by atoms with van der Waals surface area (Å²) in [7, 11) is 3.19. The average molecular weight is 397 g/mol. The Kier molecular flexibility index (Phi) is 5.00. The molecule has 1 aliphatic rings. The quantitative estimate of drug-likeness (QED) is 0.626. The van der Waals surface area contributed by atoms with E-state index in [9.17, 15) is 9.59 Å². The second-order valence-corrected chi connectivity index (χ2v) is 7.50. The highest BCUT2D eigenvalue weighted by Gasteiger charge is 2.34. The third-order valence-electron chi connectivity index (χ3n) is 4.73. The third-order valence-corrected chi connectivity index (χ3v) is 5.97. The van der Waals surface area contributed by atoms with Crippen LogP contribution in [0.5, 0.6) is 11.5 Å². The standard InChI is InChI=1S/C21H19NO5S/c1-25-14-7-8-18(26-2)15(12-14)20-22(9-10-28-20)19(23)16-11-13-5-3-4-6-17(13)27-21(16)24/h3-8,11-12,20H,9-10H2,1-2H3. The van der Waals surface area contributed by atoms with Crippen LogP contribution in [0.3, 0.4) is 0 Å². The predicted molar refractivity (Wildman–Crippen MR) is 108 cm³/mol. The van der Waals surface area contributed by atoms with E-state index in [1.54, 1.807) is 49.1 Å². The fourth-order valence-electron chi connectivity index (χ4n) is 3.33. The van der Waals surface area contributed by atoms with Crippen molar-refractivity contribution in [1.29, 1.82) is 0 Å². The van der Waals surface area contributed by atoms with E-state index in [0.29, 0.717) is 29.0 Å². The van der Waals surface area contributed by atoms with Crippen molar-refractivity contribution in [2.75, 3.05) is 26.5 Å². The number of amides is 1. The van der Waals surface area contributed by atoms with E-state index < -0.39 is 5.63 Å². The molecule has 1 atom stereocenters. The van der Waals surface area contributed by atoms with Gasteiger partial charge >= 0.3 is 5.63 Å². The maximum absolute atomic E-state index is 13.2. The number of hydrogen-bond acceptors (Lipinski definition) is 6. The SMILES string of the molecule is COc1ccc(OC)c(C2SCCN2C(=O)c2cc3ccccc3oc2=O)c1. The number of carbonyl (C=O) groups is 1. The maximum Gasteiger partial charge on any atom is 0.349 e. The van der Waals surface area contributed by atoms with Crippen molar-refractivity contribution < 1.29 is 18.7 Å². The van der Waals surface area contributed by atoms with E-state index in [-0.39, 0.29) is 16.8 Å². The minimum Gasteiger partial charge on any atom is -0.497 e. The highest BCUT2D eigenvalue weighted by Crippen LogP contribution is 2.43. The fourth-order valence-corrected chi connectivity index (χ4v) is 4.60. The first-order valence-corrected chi connectivity index (χ1v) is 9.84. The zero-order valence-electron chi connectivity index (χ0n) is 15.5. The smallest absolute Gasteiger partial charge is 0.349 e. The van der Waals surface area contributed by atoms with E-state index in [1.165, 1.54) is 0 Å². The summed E-state index contributed by atoms with van der Waals surface area (Å²) >= 11 is 1.62. The molecule has 1 amide bonds. The van der Waals surface area contributed by atoms with Crippen molar-refractivity contribution >= 4 is 28.6 Å². The van der Waals surface area contributed by atoms with E-state index in [4.69, 9.17) is 13.9 Å². The van der Waals surface area contributed by atoms with E-state index >= 15 is 0 Å². The number of hydrogen-bond donors (Lipinski definition) is 0. The maximum atomic E-state index is 13.2. The lowest BCUT2D eigenvalue weighted by atomic mass is 10.1. The van der Waals surface area contributed by atoms with Crippen LogP contribution in [0.1, 0.15) is 21.3 Å². The van der Waals surface area contributed by atoms with Gasteiger partial charge in [-0.3, -0.25) is 4.79 Å². The Morgan fingerprint density at radius 1 is 1.14 bits per heavy atom. The molecule has 0 N–H and O–H groups in total. The number of carbonyl (C=O) groups excluding carboxylic acids is 1. The van der Waals surface area contributed by atoms with Crippen LogP contribution in [0.2, 0.25) is 0 Å². The lowest BCUT2D eigenvalue weighted by Crippen LogP contribution is -2.33. The monoisotopic (exact) mass is 397 g/mol. The van der Waals surface area contributed by atoms with Crippen LogP contribution < -0.4 is 15.1 Å². The van der Waals surface area contributed by atoms with E-state index in [0.717, 1.165) is 11.3 Å². The summed E-state index contributed by atoms with van der Waals surface area (Å²) in [4.78, 5) is 27.3. The summed E-state index contributed by atoms with van der Waals surface area (Å²) in [5, 5.41) is 0.441. The molecule has 7 heteroatoms. The second-order valence-electron chi connectivity index (χ2n) is 6.31. The second kappa shape index (κ2) is 7.59. The molecule has 0 spiro atoms. The highest BCUT2D eigenvalue weighted by atomic mass is 32.2. The molecule has 1 saturated heterocycles. The minimum atomic E-state index is -0.628. The van der Waals surface area contributed by atoms with Crippen LogP contribution in [-0.2, 0) is 0 Å². The molecule has 1 aromatic heterocycles. The Bertz CT molecular complexity index is 1090. The number of ether oxygens (including phenoxy) is 2. The number of thioether (sulfide) groups is 1. The third kappa shape index (κ3) is 3.22. The zero-order valence-corrected chi connectivity index (χ0v) is 16.3. The molecule has 2 heterocycles. The first-order valence-electron chi connectivity index (χ1n) is 8.80. The number of para-hydroxylation sites is 1. The molecular weight excluding hydrogens is 378 g/mol. The summed E-state index contributed by atoms with van der Waals surface area (Å²) < 4.78 is 16.2. The van der Waals surface area contributed by atoms with Crippen LogP contribution in [0.4, 0.5) is 0 Å². The van der Waals surface area contributed by atoms with Crippen molar-refractivity contribution in [2.24, 2.45) is 0 Å². The van der Waals surface area contributed by atoms with Gasteiger partial charge in [-0.15, -0.1) is 11.8 Å². The molecule has 1 aliphatic heterocycles. The van der Waals surface area contributed by atoms with Gasteiger partial charge in [-0.05, 0) is 30.3 Å². The number of rotatable bonds is 4. The van der Waals surface area contributed by atoms with Crippen LogP contribution in [0, 0.1) is 0 Å². The van der Waals surface area contributed by atoms with Crippen molar-refractivity contribution in [1.82, 2.24) is 4.90 Å². The van der Waals surface area contributed by atoms with Crippen LogP contribution >= 0.6 is 11.8 Å². The molecule has 1 unspecified atom stereocenters. The van der Waals surface area contributed by atoms with Gasteiger partial charge in [-0.1, -0.05) is 18.2 Å². The summed E-state index contributed by atoms with van der Waals surface area (Å²) in [5.74, 6) is 1.76. The molecule has 1 fully saturated rings. The number of benzene rings is 2. The Morgan fingerprint density at radius 2 is 1.96 bits per heavy atom. The fraction of sp³-hybridized carbons (Fsp3) is 0.238. The van der Waals surface area contributed by atoms with Gasteiger partial charge in [0.2, 0.25) is 0 Å². The van der Waals surface area contributed by atoms with Gasteiger partial charge in [0.05, 0.1) is 14.2 Å². The molecule has 0 bridgehead atoms. The normalized spacial score (nSPS) is 16.4. The Labute approximate surface area is 166 Å². The highest BCUT2D eigenvalue weighted by molar-refractivity contribution is 7.99. The van der Waals surface area contributed by atoms with Crippen molar-refractivity contribution in [3.05, 3.63) is 70.1 Å². The molecule has 4 rings (SSSR count). The number of nitrogens with zero attached hydrogens (tertiary/aromatic N) is 1. The largest absolute Gasteiger partial charge is 0.497 e. The van der Waals surface area contributed by atoms with Gasteiger partial charge in [-0.2, -0.15) is 0 Å². The van der Waals surface area contributed by atoms with Crippen LogP contribution in [0.25, 0.3) is 11.0 Å². The Balaban J connectivity index is 1.74. The average Bonchev–Trinajstić information content (AvgIpc) is 3.22. The molecule has 0 radical (unpaired) electrons. The van der Waals surface area contributed by atoms with E-state index in [1.807, 2.05) is 30.3 Å². The lowest BCUT2D eigenvalue weighted by molar-refractivity contribution is 0.0755. The van der Waals surface area contributed by atoms with Gasteiger partial charge in [0.15, 0.2) is 0 Å². The molecule has 2 aromatic carbocycles. The molecule has 0 aliphatic carbocycles. The first kappa shape index (κ1) is 18.4. The molecular formula is C21H19NO5S. The summed E-state index contributed by atoms with van der Waals surface area (Å²) in [5.41, 5.74) is 0.707. The van der Waals surface area contributed by atoms with Crippen molar-refractivity contribution in [3.63, 3.8) is 0 Å². The van der Waals surface area contributed by atoms with Crippen molar-refractivity contribution in [2.45, 2.75) is 5.37 Å². The summed E-state index contributed by atoms with van der Waals surface area (Å²) in [6.45, 7) is 0.529. The van der Waals surface area contributed by atoms with Gasteiger partial charge in [0.25, 0.3) is 5.91 Å². The van der Waals surface area contributed by atoms with Crippen LogP contribution in [-0.4, -0.2) is 37.3 Å². The number of fused-ring (bicyclic) bond motifs is 1. The summed E-state index contributed by atoms with van der Waals surface area (Å²) in [6.07, 6.45) is 0. The predicted octanol–water partition coefficient (Wildman–Crippen LogP) is 3.70. The molecule has 28 heavy (non-hydrogen) atoms. The van der Waals surface area contributed by atoms with Gasteiger partial charge in [0, 0.05) is 23.2 Å². The zero-order chi connectivity index (χ0) is 19.7. The minimum absolute atomic E-state index is 0.0352. The van der Waals surface area contributed by atoms with E-state index in [2.05, 4.69) is 0 Å². The first-order chi connectivity index (χ1) is 13.6. The Hall–Kier alpha value is -2.93. The topological polar surface area (TPSA) is 69.0 Å². The molecule has 144 valence electrons. The lowest BCUT2D eigenvalue weighted by Gasteiger charge is -2.25. The summed E-state index contributed by atoms with van der Waals surface area (Å²) in [6, 6.07) is 14.3. The number of methoxy groups -OCH3 is 2.